The molecule has 0 fully saturated rings. The second kappa shape index (κ2) is 13.1. The second-order valence-corrected chi connectivity index (χ2v) is 17.3. The van der Waals surface area contributed by atoms with E-state index in [1.807, 2.05) is 0 Å². The van der Waals surface area contributed by atoms with Gasteiger partial charge in [-0.2, -0.15) is 0 Å². The summed E-state index contributed by atoms with van der Waals surface area (Å²) in [4.78, 5) is 2.39. The van der Waals surface area contributed by atoms with Crippen LogP contribution < -0.4 is 4.90 Å². The number of fused-ring (bicyclic) bond motifs is 13. The van der Waals surface area contributed by atoms with E-state index in [1.54, 1.807) is 0 Å². The van der Waals surface area contributed by atoms with E-state index in [9.17, 15) is 0 Å². The normalized spacial score (nSPS) is 13.1. The highest BCUT2D eigenvalue weighted by molar-refractivity contribution is 6.16. The molecule has 10 aromatic carbocycles. The SMILES string of the molecule is CC1(C)c2ccccc2-c2ccc(N(c3ccc(-c4ccc5oc6c7ccccc7ccc6c5c4)cc3)c3ccc(-c4ccc5oc6c7ccccc7ccc6c5c4)cc3)cc21. The number of rotatable bonds is 5. The third-order valence-corrected chi connectivity index (χ3v) is 13.5. The fraction of sp³-hybridized carbons (Fsp3) is 0.0508. The standard InChI is InChI=1S/C59H39NO2/c1-59(2)53-14-8-7-13-47(53)48-30-27-44(35-54(48)59)60(42-23-15-36(16-24-42)40-21-31-55-51(33-40)49-28-19-38-9-3-5-11-45(38)57(49)61-55)43-25-17-37(18-26-43)41-22-32-56-52(34-41)50-29-20-39-10-4-6-12-46(39)58(50)62-56/h3-35H,1-2H3. The first-order valence-corrected chi connectivity index (χ1v) is 21.4. The quantitative estimate of drug-likeness (QED) is 0.174. The minimum absolute atomic E-state index is 0.119. The lowest BCUT2D eigenvalue weighted by atomic mass is 9.82. The number of hydrogen-bond acceptors (Lipinski definition) is 3. The zero-order chi connectivity index (χ0) is 41.1. The molecule has 12 aromatic rings. The molecule has 2 aromatic heterocycles. The van der Waals surface area contributed by atoms with Crippen molar-refractivity contribution < 1.29 is 8.83 Å². The third-order valence-electron chi connectivity index (χ3n) is 13.5. The van der Waals surface area contributed by atoms with Gasteiger partial charge in [-0.05, 0) is 128 Å². The first-order valence-electron chi connectivity index (χ1n) is 21.4. The van der Waals surface area contributed by atoms with Crippen molar-refractivity contribution in [1.29, 1.82) is 0 Å². The van der Waals surface area contributed by atoms with Gasteiger partial charge in [0, 0.05) is 54.8 Å². The Hall–Kier alpha value is -7.88. The number of furan rings is 2. The van der Waals surface area contributed by atoms with Gasteiger partial charge in [-0.1, -0.05) is 141 Å². The maximum absolute atomic E-state index is 6.44. The first kappa shape index (κ1) is 34.9. The van der Waals surface area contributed by atoms with Crippen molar-refractivity contribution in [2.24, 2.45) is 0 Å². The summed E-state index contributed by atoms with van der Waals surface area (Å²) in [6.07, 6.45) is 0. The summed E-state index contributed by atoms with van der Waals surface area (Å²) >= 11 is 0. The molecule has 2 heterocycles. The number of anilines is 3. The van der Waals surface area contributed by atoms with Gasteiger partial charge >= 0.3 is 0 Å². The maximum atomic E-state index is 6.44. The molecule has 0 spiro atoms. The summed E-state index contributed by atoms with van der Waals surface area (Å²) < 4.78 is 12.9. The fourth-order valence-electron chi connectivity index (χ4n) is 10.3. The van der Waals surface area contributed by atoms with Crippen molar-refractivity contribution in [3.63, 3.8) is 0 Å². The van der Waals surface area contributed by atoms with E-state index < -0.39 is 0 Å². The maximum Gasteiger partial charge on any atom is 0.143 e. The van der Waals surface area contributed by atoms with Crippen LogP contribution in [0.15, 0.2) is 209 Å². The molecule has 0 aliphatic heterocycles. The predicted molar refractivity (Wildman–Crippen MR) is 259 cm³/mol. The Labute approximate surface area is 358 Å². The Morgan fingerprint density at radius 1 is 0.339 bits per heavy atom. The van der Waals surface area contributed by atoms with Crippen LogP contribution in [0.1, 0.15) is 25.0 Å². The largest absolute Gasteiger partial charge is 0.455 e. The van der Waals surface area contributed by atoms with Crippen LogP contribution >= 0.6 is 0 Å². The van der Waals surface area contributed by atoms with E-state index in [-0.39, 0.29) is 5.41 Å². The molecule has 0 bridgehead atoms. The van der Waals surface area contributed by atoms with Crippen molar-refractivity contribution in [3.05, 3.63) is 211 Å². The summed E-state index contributed by atoms with van der Waals surface area (Å²) in [6.45, 7) is 4.70. The van der Waals surface area contributed by atoms with E-state index in [4.69, 9.17) is 8.83 Å². The van der Waals surface area contributed by atoms with Crippen molar-refractivity contribution in [2.75, 3.05) is 4.90 Å². The van der Waals surface area contributed by atoms with Gasteiger partial charge in [0.2, 0.25) is 0 Å². The Kier molecular flexibility index (Phi) is 7.36. The monoisotopic (exact) mass is 793 g/mol. The molecular formula is C59H39NO2. The molecule has 0 amide bonds. The molecule has 13 rings (SSSR count). The molecule has 1 aliphatic rings. The van der Waals surface area contributed by atoms with Crippen LogP contribution in [0.3, 0.4) is 0 Å². The zero-order valence-corrected chi connectivity index (χ0v) is 34.3. The molecule has 62 heavy (non-hydrogen) atoms. The molecule has 0 unspecified atom stereocenters. The second-order valence-electron chi connectivity index (χ2n) is 17.3. The lowest BCUT2D eigenvalue weighted by Crippen LogP contribution is -2.16. The van der Waals surface area contributed by atoms with Gasteiger partial charge in [0.15, 0.2) is 0 Å². The summed E-state index contributed by atoms with van der Waals surface area (Å²) in [5.41, 5.74) is 16.9. The topological polar surface area (TPSA) is 29.5 Å². The summed E-state index contributed by atoms with van der Waals surface area (Å²) in [6, 6.07) is 72.6. The summed E-state index contributed by atoms with van der Waals surface area (Å²) in [7, 11) is 0. The van der Waals surface area contributed by atoms with Gasteiger partial charge in [-0.25, -0.2) is 0 Å². The van der Waals surface area contributed by atoms with Crippen molar-refractivity contribution in [2.45, 2.75) is 19.3 Å². The molecular weight excluding hydrogens is 755 g/mol. The first-order chi connectivity index (χ1) is 30.5. The van der Waals surface area contributed by atoms with E-state index in [0.29, 0.717) is 0 Å². The van der Waals surface area contributed by atoms with Crippen LogP contribution in [0.5, 0.6) is 0 Å². The number of hydrogen-bond donors (Lipinski definition) is 0. The van der Waals surface area contributed by atoms with Crippen molar-refractivity contribution in [1.82, 2.24) is 0 Å². The molecule has 0 N–H and O–H groups in total. The zero-order valence-electron chi connectivity index (χ0n) is 34.3. The van der Waals surface area contributed by atoms with Crippen molar-refractivity contribution in [3.8, 4) is 33.4 Å². The molecule has 292 valence electrons. The molecule has 3 nitrogen and oxygen atoms in total. The van der Waals surface area contributed by atoms with Crippen LogP contribution in [0, 0.1) is 0 Å². The fourth-order valence-corrected chi connectivity index (χ4v) is 10.3. The minimum Gasteiger partial charge on any atom is -0.455 e. The highest BCUT2D eigenvalue weighted by atomic mass is 16.3. The average molecular weight is 794 g/mol. The van der Waals surface area contributed by atoms with E-state index in [0.717, 1.165) is 94.0 Å². The lowest BCUT2D eigenvalue weighted by molar-refractivity contribution is 0.660. The van der Waals surface area contributed by atoms with Gasteiger partial charge in [0.1, 0.15) is 22.3 Å². The Balaban J connectivity index is 0.900. The molecule has 0 atom stereocenters. The van der Waals surface area contributed by atoms with Gasteiger partial charge in [0.25, 0.3) is 0 Å². The molecule has 0 saturated heterocycles. The number of nitrogens with zero attached hydrogens (tertiary/aromatic N) is 1. The predicted octanol–water partition coefficient (Wildman–Crippen LogP) is 16.9. The van der Waals surface area contributed by atoms with Crippen molar-refractivity contribution >= 4 is 82.5 Å². The highest BCUT2D eigenvalue weighted by Gasteiger charge is 2.35. The molecule has 3 heteroatoms. The lowest BCUT2D eigenvalue weighted by Gasteiger charge is -2.28. The molecule has 1 aliphatic carbocycles. The van der Waals surface area contributed by atoms with Gasteiger partial charge in [-0.3, -0.25) is 0 Å². The Morgan fingerprint density at radius 2 is 0.806 bits per heavy atom. The van der Waals surface area contributed by atoms with Gasteiger partial charge in [-0.15, -0.1) is 0 Å². The van der Waals surface area contributed by atoms with Crippen LogP contribution in [0.25, 0.3) is 98.8 Å². The average Bonchev–Trinajstić information content (AvgIpc) is 3.97. The Bertz CT molecular complexity index is 3580. The van der Waals surface area contributed by atoms with E-state index in [1.165, 1.54) is 33.0 Å². The number of benzene rings is 10. The van der Waals surface area contributed by atoms with E-state index >= 15 is 0 Å². The van der Waals surface area contributed by atoms with E-state index in [2.05, 4.69) is 219 Å². The van der Waals surface area contributed by atoms with Crippen LogP contribution in [-0.2, 0) is 5.41 Å². The van der Waals surface area contributed by atoms with Crippen LogP contribution in [0.2, 0.25) is 0 Å². The molecule has 0 radical (unpaired) electrons. The molecule has 0 saturated carbocycles. The third kappa shape index (κ3) is 5.18. The smallest absolute Gasteiger partial charge is 0.143 e. The van der Waals surface area contributed by atoms with Gasteiger partial charge in [0.05, 0.1) is 0 Å². The highest BCUT2D eigenvalue weighted by Crippen LogP contribution is 2.51. The van der Waals surface area contributed by atoms with Gasteiger partial charge < -0.3 is 13.7 Å². The minimum atomic E-state index is -0.119. The summed E-state index contributed by atoms with van der Waals surface area (Å²) in [5, 5.41) is 9.18. The summed E-state index contributed by atoms with van der Waals surface area (Å²) in [5.74, 6) is 0. The Morgan fingerprint density at radius 3 is 1.37 bits per heavy atom. The van der Waals surface area contributed by atoms with Crippen LogP contribution in [-0.4, -0.2) is 0 Å². The van der Waals surface area contributed by atoms with Crippen LogP contribution in [0.4, 0.5) is 17.1 Å².